The van der Waals surface area contributed by atoms with Crippen LogP contribution in [-0.4, -0.2) is 25.0 Å². The lowest BCUT2D eigenvalue weighted by Gasteiger charge is -2.15. The molecule has 3 rings (SSSR count). The first-order valence-corrected chi connectivity index (χ1v) is 11.9. The van der Waals surface area contributed by atoms with Crippen LogP contribution in [0.25, 0.3) is 0 Å². The fraction of sp³-hybridized carbons (Fsp3) is 0.259. The van der Waals surface area contributed by atoms with Crippen molar-refractivity contribution in [3.05, 3.63) is 93.5 Å². The van der Waals surface area contributed by atoms with E-state index in [0.717, 1.165) is 21.2 Å². The number of rotatable bonds is 9. The minimum absolute atomic E-state index is 0.220. The van der Waals surface area contributed by atoms with E-state index in [1.807, 2.05) is 55.5 Å². The molecule has 0 radical (unpaired) electrons. The lowest BCUT2D eigenvalue weighted by Crippen LogP contribution is -2.44. The summed E-state index contributed by atoms with van der Waals surface area (Å²) in [5.41, 5.74) is 8.37. The average Bonchev–Trinajstić information content (AvgIpc) is 2.82. The number of carbonyl (C=O) groups excluding carboxylic acids is 2. The Bertz CT molecular complexity index is 1130. The van der Waals surface area contributed by atoms with Crippen LogP contribution in [0, 0.1) is 6.92 Å². The summed E-state index contributed by atoms with van der Waals surface area (Å²) >= 11 is 3.38. The zero-order valence-corrected chi connectivity index (χ0v) is 21.1. The number of benzene rings is 3. The second kappa shape index (κ2) is 12.2. The Hall–Kier alpha value is -3.32. The van der Waals surface area contributed by atoms with E-state index in [9.17, 15) is 9.59 Å². The largest absolute Gasteiger partial charge is 0.492 e. The second-order valence-corrected chi connectivity index (χ2v) is 9.13. The van der Waals surface area contributed by atoms with Gasteiger partial charge in [0.05, 0.1) is 12.2 Å². The summed E-state index contributed by atoms with van der Waals surface area (Å²) in [6, 6.07) is 21.1. The first-order valence-electron chi connectivity index (χ1n) is 11.1. The molecule has 0 heterocycles. The molecule has 0 aliphatic heterocycles. The quantitative estimate of drug-likeness (QED) is 0.370. The molecule has 0 unspecified atom stereocenters. The predicted octanol–water partition coefficient (Wildman–Crippen LogP) is 5.34. The highest BCUT2D eigenvalue weighted by atomic mass is 79.9. The van der Waals surface area contributed by atoms with E-state index in [-0.39, 0.29) is 12.5 Å². The van der Waals surface area contributed by atoms with Gasteiger partial charge in [0.25, 0.3) is 11.8 Å². The van der Waals surface area contributed by atoms with Crippen LogP contribution in [0.15, 0.2) is 71.2 Å². The van der Waals surface area contributed by atoms with Gasteiger partial charge in [-0.3, -0.25) is 20.4 Å². The van der Waals surface area contributed by atoms with Crippen LogP contribution in [0.5, 0.6) is 11.5 Å². The van der Waals surface area contributed by atoms with E-state index in [1.54, 1.807) is 18.2 Å². The maximum absolute atomic E-state index is 12.8. The normalized spacial score (nSPS) is 10.6. The van der Waals surface area contributed by atoms with E-state index >= 15 is 0 Å². The molecule has 0 aliphatic rings. The van der Waals surface area contributed by atoms with Crippen LogP contribution in [0.4, 0.5) is 0 Å². The molecule has 0 atom stereocenters. The standard InChI is InChI=1S/C27H29BrN2O4/c1-18(2)22-11-9-19(3)15-25(22)34-17-26(31)29-30-27(32)23-16-21(28)10-12-24(23)33-14-13-20-7-5-4-6-8-20/h4-12,15-16,18H,13-14,17H2,1-3H3,(H,29,31)(H,30,32). The predicted molar refractivity (Wildman–Crippen MR) is 136 cm³/mol. The number of hydrazine groups is 1. The molecule has 0 spiro atoms. The maximum Gasteiger partial charge on any atom is 0.276 e. The molecule has 0 bridgehead atoms. The monoisotopic (exact) mass is 524 g/mol. The number of amides is 2. The molecule has 0 saturated heterocycles. The van der Waals surface area contributed by atoms with E-state index < -0.39 is 11.8 Å². The zero-order chi connectivity index (χ0) is 24.5. The van der Waals surface area contributed by atoms with Crippen LogP contribution in [-0.2, 0) is 11.2 Å². The number of ether oxygens (including phenoxy) is 2. The molecule has 7 heteroatoms. The van der Waals surface area contributed by atoms with Gasteiger partial charge in [0.1, 0.15) is 11.5 Å². The van der Waals surface area contributed by atoms with E-state index in [2.05, 4.69) is 40.6 Å². The minimum Gasteiger partial charge on any atom is -0.492 e. The van der Waals surface area contributed by atoms with Crippen molar-refractivity contribution in [2.45, 2.75) is 33.1 Å². The molecule has 0 fully saturated rings. The highest BCUT2D eigenvalue weighted by Crippen LogP contribution is 2.27. The third kappa shape index (κ3) is 7.35. The van der Waals surface area contributed by atoms with Gasteiger partial charge in [-0.15, -0.1) is 0 Å². The van der Waals surface area contributed by atoms with Crippen LogP contribution in [0.1, 0.15) is 46.8 Å². The third-order valence-corrected chi connectivity index (χ3v) is 5.64. The van der Waals surface area contributed by atoms with Gasteiger partial charge in [-0.25, -0.2) is 0 Å². The smallest absolute Gasteiger partial charge is 0.276 e. The van der Waals surface area contributed by atoms with E-state index in [4.69, 9.17) is 9.47 Å². The van der Waals surface area contributed by atoms with Gasteiger partial charge >= 0.3 is 0 Å². The Labute approximate surface area is 208 Å². The van der Waals surface area contributed by atoms with Crippen LogP contribution >= 0.6 is 15.9 Å². The molecule has 2 N–H and O–H groups in total. The third-order valence-electron chi connectivity index (χ3n) is 5.14. The number of nitrogens with one attached hydrogen (secondary N) is 2. The van der Waals surface area contributed by atoms with Crippen molar-refractivity contribution in [2.75, 3.05) is 13.2 Å². The molecule has 6 nitrogen and oxygen atoms in total. The maximum atomic E-state index is 12.8. The first-order chi connectivity index (χ1) is 16.3. The Morgan fingerprint density at radius 2 is 1.68 bits per heavy atom. The fourth-order valence-electron chi connectivity index (χ4n) is 3.35. The fourth-order valence-corrected chi connectivity index (χ4v) is 3.71. The number of carbonyl (C=O) groups is 2. The zero-order valence-electron chi connectivity index (χ0n) is 19.6. The Kier molecular flexibility index (Phi) is 9.10. The second-order valence-electron chi connectivity index (χ2n) is 8.21. The SMILES string of the molecule is Cc1ccc(C(C)C)c(OCC(=O)NNC(=O)c2cc(Br)ccc2OCCc2ccccc2)c1. The van der Waals surface area contributed by atoms with Crippen molar-refractivity contribution in [2.24, 2.45) is 0 Å². The Morgan fingerprint density at radius 1 is 0.912 bits per heavy atom. The summed E-state index contributed by atoms with van der Waals surface area (Å²) in [5.74, 6) is 0.408. The summed E-state index contributed by atoms with van der Waals surface area (Å²) in [5, 5.41) is 0. The summed E-state index contributed by atoms with van der Waals surface area (Å²) in [6.45, 7) is 6.29. The molecule has 34 heavy (non-hydrogen) atoms. The molecule has 3 aromatic carbocycles. The van der Waals surface area contributed by atoms with Crippen molar-refractivity contribution in [1.82, 2.24) is 10.9 Å². The van der Waals surface area contributed by atoms with Crippen LogP contribution in [0.2, 0.25) is 0 Å². The van der Waals surface area contributed by atoms with E-state index in [0.29, 0.717) is 30.1 Å². The van der Waals surface area contributed by atoms with Crippen molar-refractivity contribution in [3.8, 4) is 11.5 Å². The van der Waals surface area contributed by atoms with Gasteiger partial charge < -0.3 is 9.47 Å². The average molecular weight is 525 g/mol. The molecule has 2 amide bonds. The minimum atomic E-state index is -0.484. The number of aryl methyl sites for hydroxylation is 1. The van der Waals surface area contributed by atoms with Gasteiger partial charge in [0.15, 0.2) is 6.61 Å². The Morgan fingerprint density at radius 3 is 2.41 bits per heavy atom. The van der Waals surface area contributed by atoms with Crippen molar-refractivity contribution < 1.29 is 19.1 Å². The molecular formula is C27H29BrN2O4. The lowest BCUT2D eigenvalue weighted by molar-refractivity contribution is -0.123. The molecule has 0 aromatic heterocycles. The summed E-state index contributed by atoms with van der Waals surface area (Å²) in [4.78, 5) is 25.1. The first kappa shape index (κ1) is 25.3. The molecule has 3 aromatic rings. The van der Waals surface area contributed by atoms with Gasteiger partial charge in [-0.1, -0.05) is 72.2 Å². The van der Waals surface area contributed by atoms with Crippen molar-refractivity contribution in [3.63, 3.8) is 0 Å². The Balaban J connectivity index is 1.55. The molecule has 0 saturated carbocycles. The summed E-state index contributed by atoms with van der Waals surface area (Å²) in [7, 11) is 0. The number of hydrogen-bond acceptors (Lipinski definition) is 4. The molecule has 178 valence electrons. The number of hydrogen-bond donors (Lipinski definition) is 2. The number of halogens is 1. The molecular weight excluding hydrogens is 496 g/mol. The van der Waals surface area contributed by atoms with Crippen LogP contribution < -0.4 is 20.3 Å². The van der Waals surface area contributed by atoms with Crippen molar-refractivity contribution >= 4 is 27.7 Å². The topological polar surface area (TPSA) is 76.7 Å². The van der Waals surface area contributed by atoms with E-state index in [1.165, 1.54) is 0 Å². The van der Waals surface area contributed by atoms with Crippen LogP contribution in [0.3, 0.4) is 0 Å². The summed E-state index contributed by atoms with van der Waals surface area (Å²) in [6.07, 6.45) is 0.712. The summed E-state index contributed by atoms with van der Waals surface area (Å²) < 4.78 is 12.3. The van der Waals surface area contributed by atoms with Gasteiger partial charge in [0, 0.05) is 10.9 Å². The highest BCUT2D eigenvalue weighted by molar-refractivity contribution is 9.10. The lowest BCUT2D eigenvalue weighted by atomic mass is 10.0. The van der Waals surface area contributed by atoms with Crippen molar-refractivity contribution in [1.29, 1.82) is 0 Å². The van der Waals surface area contributed by atoms with Gasteiger partial charge in [0.2, 0.25) is 0 Å². The van der Waals surface area contributed by atoms with Gasteiger partial charge in [-0.05, 0) is 53.8 Å². The highest BCUT2D eigenvalue weighted by Gasteiger charge is 2.15. The van der Waals surface area contributed by atoms with Gasteiger partial charge in [-0.2, -0.15) is 0 Å². The molecule has 0 aliphatic carbocycles.